The lowest BCUT2D eigenvalue weighted by atomic mass is 10.0. The number of halogens is 3. The Balaban J connectivity index is 2.10. The first-order chi connectivity index (χ1) is 11.4. The number of ether oxygens (including phenoxy) is 1. The highest BCUT2D eigenvalue weighted by Crippen LogP contribution is 2.43. The molecule has 0 amide bonds. The monoisotopic (exact) mass is 348 g/mol. The molecule has 24 heavy (non-hydrogen) atoms. The Morgan fingerprint density at radius 3 is 2.42 bits per heavy atom. The van der Waals surface area contributed by atoms with Crippen LogP contribution in [-0.2, 0) is 6.18 Å². The van der Waals surface area contributed by atoms with Crippen molar-refractivity contribution in [3.05, 3.63) is 65.7 Å². The molecule has 1 aromatic heterocycles. The number of methoxy groups -OCH3 is 1. The third-order valence-corrected chi connectivity index (χ3v) is 5.07. The molecule has 0 radical (unpaired) electrons. The van der Waals surface area contributed by atoms with Crippen molar-refractivity contribution in [3.63, 3.8) is 0 Å². The Hall–Kier alpha value is -2.27. The van der Waals surface area contributed by atoms with Crippen molar-refractivity contribution in [2.45, 2.75) is 13.1 Å². The lowest BCUT2D eigenvalue weighted by Gasteiger charge is -2.11. The average molecular weight is 348 g/mol. The van der Waals surface area contributed by atoms with Gasteiger partial charge in [-0.2, -0.15) is 13.2 Å². The first-order valence-electron chi connectivity index (χ1n) is 7.31. The van der Waals surface area contributed by atoms with Gasteiger partial charge in [0, 0.05) is 15.3 Å². The molecule has 0 atom stereocenters. The SMILES string of the molecule is COc1cccc(-c2sc(-c3ccccc3C(F)(F)F)cc2C)c1. The van der Waals surface area contributed by atoms with E-state index >= 15 is 0 Å². The minimum absolute atomic E-state index is 0.215. The van der Waals surface area contributed by atoms with E-state index in [4.69, 9.17) is 4.74 Å². The van der Waals surface area contributed by atoms with Gasteiger partial charge in [0.15, 0.2) is 0 Å². The molecule has 0 aliphatic heterocycles. The molecule has 0 saturated carbocycles. The second-order valence-electron chi connectivity index (χ2n) is 5.40. The molecule has 0 aliphatic rings. The van der Waals surface area contributed by atoms with Crippen LogP contribution in [0.2, 0.25) is 0 Å². The highest BCUT2D eigenvalue weighted by molar-refractivity contribution is 7.19. The van der Waals surface area contributed by atoms with Gasteiger partial charge >= 0.3 is 6.18 Å². The zero-order valence-corrected chi connectivity index (χ0v) is 14.0. The summed E-state index contributed by atoms with van der Waals surface area (Å²) in [6, 6.07) is 15.0. The molecule has 3 rings (SSSR count). The second-order valence-corrected chi connectivity index (χ2v) is 6.45. The topological polar surface area (TPSA) is 9.23 Å². The summed E-state index contributed by atoms with van der Waals surface area (Å²) in [5.41, 5.74) is 1.49. The fourth-order valence-electron chi connectivity index (χ4n) is 2.61. The van der Waals surface area contributed by atoms with Crippen molar-refractivity contribution in [3.8, 4) is 26.6 Å². The smallest absolute Gasteiger partial charge is 0.417 e. The van der Waals surface area contributed by atoms with Crippen LogP contribution in [0.3, 0.4) is 0 Å². The van der Waals surface area contributed by atoms with E-state index in [2.05, 4.69) is 0 Å². The summed E-state index contributed by atoms with van der Waals surface area (Å²) in [5.74, 6) is 0.720. The number of benzene rings is 2. The number of thiophene rings is 1. The van der Waals surface area contributed by atoms with Gasteiger partial charge in [0.1, 0.15) is 5.75 Å². The molecule has 0 aliphatic carbocycles. The van der Waals surface area contributed by atoms with Crippen molar-refractivity contribution in [2.24, 2.45) is 0 Å². The second kappa shape index (κ2) is 6.32. The molecular weight excluding hydrogens is 333 g/mol. The lowest BCUT2D eigenvalue weighted by Crippen LogP contribution is -2.06. The predicted molar refractivity (Wildman–Crippen MR) is 91.5 cm³/mol. The molecule has 3 aromatic rings. The van der Waals surface area contributed by atoms with Crippen LogP contribution >= 0.6 is 11.3 Å². The van der Waals surface area contributed by atoms with Crippen LogP contribution in [0.1, 0.15) is 11.1 Å². The van der Waals surface area contributed by atoms with Gasteiger partial charge in [-0.25, -0.2) is 0 Å². The van der Waals surface area contributed by atoms with E-state index in [0.29, 0.717) is 4.88 Å². The molecule has 0 N–H and O–H groups in total. The van der Waals surface area contributed by atoms with Gasteiger partial charge in [0.05, 0.1) is 12.7 Å². The molecular formula is C19H15F3OS. The van der Waals surface area contributed by atoms with Crippen LogP contribution < -0.4 is 4.74 Å². The van der Waals surface area contributed by atoms with E-state index in [1.165, 1.54) is 23.5 Å². The van der Waals surface area contributed by atoms with Gasteiger partial charge < -0.3 is 4.74 Å². The zero-order chi connectivity index (χ0) is 17.3. The van der Waals surface area contributed by atoms with Crippen molar-refractivity contribution in [1.29, 1.82) is 0 Å². The molecule has 0 unspecified atom stereocenters. The van der Waals surface area contributed by atoms with Crippen molar-refractivity contribution >= 4 is 11.3 Å². The van der Waals surface area contributed by atoms with Crippen LogP contribution in [-0.4, -0.2) is 7.11 Å². The van der Waals surface area contributed by atoms with Gasteiger partial charge in [-0.15, -0.1) is 11.3 Å². The largest absolute Gasteiger partial charge is 0.497 e. The summed E-state index contributed by atoms with van der Waals surface area (Å²) in [6.45, 7) is 1.91. The first kappa shape index (κ1) is 16.6. The normalized spacial score (nSPS) is 11.5. The molecule has 0 bridgehead atoms. The summed E-state index contributed by atoms with van der Waals surface area (Å²) in [4.78, 5) is 1.55. The van der Waals surface area contributed by atoms with Gasteiger partial charge in [-0.05, 0) is 42.3 Å². The van der Waals surface area contributed by atoms with Crippen molar-refractivity contribution in [1.82, 2.24) is 0 Å². The van der Waals surface area contributed by atoms with Crippen LogP contribution in [0.4, 0.5) is 13.2 Å². The van der Waals surface area contributed by atoms with Gasteiger partial charge in [-0.1, -0.05) is 30.3 Å². The Kier molecular flexibility index (Phi) is 4.37. The molecule has 1 heterocycles. The average Bonchev–Trinajstić information content (AvgIpc) is 2.96. The molecule has 2 aromatic carbocycles. The number of hydrogen-bond donors (Lipinski definition) is 0. The molecule has 0 saturated heterocycles. The van der Waals surface area contributed by atoms with Crippen LogP contribution in [0.5, 0.6) is 5.75 Å². The highest BCUT2D eigenvalue weighted by atomic mass is 32.1. The van der Waals surface area contributed by atoms with Gasteiger partial charge in [-0.3, -0.25) is 0 Å². The zero-order valence-electron chi connectivity index (χ0n) is 13.1. The van der Waals surface area contributed by atoms with E-state index in [-0.39, 0.29) is 5.56 Å². The number of hydrogen-bond acceptors (Lipinski definition) is 2. The summed E-state index contributed by atoms with van der Waals surface area (Å²) in [5, 5.41) is 0. The van der Waals surface area contributed by atoms with E-state index < -0.39 is 11.7 Å². The van der Waals surface area contributed by atoms with Gasteiger partial charge in [0.2, 0.25) is 0 Å². The lowest BCUT2D eigenvalue weighted by molar-refractivity contribution is -0.137. The highest BCUT2D eigenvalue weighted by Gasteiger charge is 2.33. The fraction of sp³-hybridized carbons (Fsp3) is 0.158. The van der Waals surface area contributed by atoms with Crippen molar-refractivity contribution in [2.75, 3.05) is 7.11 Å². The van der Waals surface area contributed by atoms with Crippen LogP contribution in [0.15, 0.2) is 54.6 Å². The molecule has 0 fully saturated rings. The summed E-state index contributed by atoms with van der Waals surface area (Å²) in [6.07, 6.45) is -4.37. The maximum atomic E-state index is 13.3. The summed E-state index contributed by atoms with van der Waals surface area (Å²) < 4.78 is 45.0. The molecule has 0 spiro atoms. The summed E-state index contributed by atoms with van der Waals surface area (Å²) >= 11 is 1.36. The Labute approximate surface area is 142 Å². The Morgan fingerprint density at radius 1 is 0.958 bits per heavy atom. The van der Waals surface area contributed by atoms with E-state index in [0.717, 1.165) is 27.8 Å². The van der Waals surface area contributed by atoms with Crippen LogP contribution in [0, 0.1) is 6.92 Å². The van der Waals surface area contributed by atoms with E-state index in [9.17, 15) is 13.2 Å². The number of aryl methyl sites for hydroxylation is 1. The standard InChI is InChI=1S/C19H15F3OS/c1-12-10-17(15-8-3-4-9-16(15)19(20,21)22)24-18(12)13-6-5-7-14(11-13)23-2/h3-11H,1-2H3. The minimum atomic E-state index is -4.37. The number of alkyl halides is 3. The summed E-state index contributed by atoms with van der Waals surface area (Å²) in [7, 11) is 1.59. The molecule has 1 nitrogen and oxygen atoms in total. The van der Waals surface area contributed by atoms with E-state index in [1.807, 2.05) is 37.3 Å². The quantitative estimate of drug-likeness (QED) is 0.531. The fourth-order valence-corrected chi connectivity index (χ4v) is 3.82. The van der Waals surface area contributed by atoms with Crippen molar-refractivity contribution < 1.29 is 17.9 Å². The molecule has 124 valence electrons. The maximum Gasteiger partial charge on any atom is 0.417 e. The number of rotatable bonds is 3. The first-order valence-corrected chi connectivity index (χ1v) is 8.13. The van der Waals surface area contributed by atoms with Gasteiger partial charge in [0.25, 0.3) is 0 Å². The predicted octanol–water partition coefficient (Wildman–Crippen LogP) is 6.42. The van der Waals surface area contributed by atoms with Crippen LogP contribution in [0.25, 0.3) is 20.9 Å². The Bertz CT molecular complexity index is 865. The van der Waals surface area contributed by atoms with E-state index in [1.54, 1.807) is 13.2 Å². The molecule has 5 heteroatoms. The maximum absolute atomic E-state index is 13.3. The Morgan fingerprint density at radius 2 is 1.71 bits per heavy atom. The third kappa shape index (κ3) is 3.17. The minimum Gasteiger partial charge on any atom is -0.497 e. The third-order valence-electron chi connectivity index (χ3n) is 3.75.